The predicted molar refractivity (Wildman–Crippen MR) is 98.1 cm³/mol. The fourth-order valence-corrected chi connectivity index (χ4v) is 2.77. The van der Waals surface area contributed by atoms with Crippen LogP contribution in [0.4, 0.5) is 10.1 Å². The SMILES string of the molecule is O=[N+]([O-])c1ccccc1Oc1nnc(-c2ccc(F)cc2)c2ccccc12. The van der Waals surface area contributed by atoms with E-state index >= 15 is 0 Å². The maximum absolute atomic E-state index is 13.2. The summed E-state index contributed by atoms with van der Waals surface area (Å²) in [6.45, 7) is 0. The Morgan fingerprint density at radius 3 is 2.26 bits per heavy atom. The number of benzene rings is 3. The van der Waals surface area contributed by atoms with Crippen LogP contribution >= 0.6 is 0 Å². The molecule has 0 aliphatic rings. The molecule has 4 aromatic rings. The molecule has 3 aromatic carbocycles. The summed E-state index contributed by atoms with van der Waals surface area (Å²) < 4.78 is 18.9. The number of rotatable bonds is 4. The van der Waals surface area contributed by atoms with Crippen LogP contribution in [0.25, 0.3) is 22.0 Å². The van der Waals surface area contributed by atoms with Gasteiger partial charge in [-0.2, -0.15) is 0 Å². The molecule has 0 saturated heterocycles. The van der Waals surface area contributed by atoms with Crippen molar-refractivity contribution in [2.75, 3.05) is 0 Å². The van der Waals surface area contributed by atoms with E-state index in [1.165, 1.54) is 24.3 Å². The molecular formula is C20H12FN3O3. The van der Waals surface area contributed by atoms with Gasteiger partial charge in [-0.15, -0.1) is 10.2 Å². The lowest BCUT2D eigenvalue weighted by Crippen LogP contribution is -1.98. The first kappa shape index (κ1) is 16.6. The highest BCUT2D eigenvalue weighted by molar-refractivity contribution is 5.97. The molecule has 0 atom stereocenters. The third-order valence-corrected chi connectivity index (χ3v) is 4.04. The zero-order valence-electron chi connectivity index (χ0n) is 13.9. The first-order chi connectivity index (χ1) is 13.1. The highest BCUT2D eigenvalue weighted by Gasteiger charge is 2.18. The maximum Gasteiger partial charge on any atom is 0.311 e. The normalized spacial score (nSPS) is 10.7. The van der Waals surface area contributed by atoms with Gasteiger partial charge in [0.25, 0.3) is 0 Å². The number of para-hydroxylation sites is 2. The predicted octanol–water partition coefficient (Wildman–Crippen LogP) is 5.14. The lowest BCUT2D eigenvalue weighted by atomic mass is 10.1. The van der Waals surface area contributed by atoms with E-state index < -0.39 is 4.92 Å². The molecule has 1 heterocycles. The van der Waals surface area contributed by atoms with Gasteiger partial charge in [0.1, 0.15) is 11.5 Å². The van der Waals surface area contributed by atoms with Crippen LogP contribution < -0.4 is 4.74 Å². The number of ether oxygens (including phenoxy) is 1. The Morgan fingerprint density at radius 1 is 0.852 bits per heavy atom. The third kappa shape index (κ3) is 3.18. The van der Waals surface area contributed by atoms with Crippen LogP contribution in [-0.2, 0) is 0 Å². The summed E-state index contributed by atoms with van der Waals surface area (Å²) in [7, 11) is 0. The minimum absolute atomic E-state index is 0.0801. The zero-order valence-corrected chi connectivity index (χ0v) is 13.9. The second-order valence-electron chi connectivity index (χ2n) is 5.73. The minimum Gasteiger partial charge on any atom is -0.430 e. The molecule has 0 amide bonds. The van der Waals surface area contributed by atoms with Crippen LogP contribution in [0.5, 0.6) is 11.6 Å². The molecule has 27 heavy (non-hydrogen) atoms. The van der Waals surface area contributed by atoms with Gasteiger partial charge in [0.05, 0.1) is 4.92 Å². The number of hydrogen-bond acceptors (Lipinski definition) is 5. The number of hydrogen-bond donors (Lipinski definition) is 0. The van der Waals surface area contributed by atoms with E-state index in [1.807, 2.05) is 18.2 Å². The molecule has 0 N–H and O–H groups in total. The van der Waals surface area contributed by atoms with Gasteiger partial charge in [-0.1, -0.05) is 30.3 Å². The summed E-state index contributed by atoms with van der Waals surface area (Å²) in [5.74, 6) is -0.102. The Labute approximate surface area is 153 Å². The van der Waals surface area contributed by atoms with Crippen LogP contribution in [0.2, 0.25) is 0 Å². The Kier molecular flexibility index (Phi) is 4.18. The molecule has 0 aliphatic carbocycles. The monoisotopic (exact) mass is 361 g/mol. The molecule has 4 rings (SSSR count). The van der Waals surface area contributed by atoms with E-state index in [0.717, 1.165) is 5.39 Å². The number of nitro benzene ring substituents is 1. The van der Waals surface area contributed by atoms with Crippen LogP contribution in [0, 0.1) is 15.9 Å². The largest absolute Gasteiger partial charge is 0.430 e. The van der Waals surface area contributed by atoms with E-state index in [1.54, 1.807) is 30.3 Å². The molecule has 0 fully saturated rings. The molecule has 0 spiro atoms. The van der Waals surface area contributed by atoms with Crippen molar-refractivity contribution in [3.8, 4) is 22.9 Å². The highest BCUT2D eigenvalue weighted by atomic mass is 19.1. The van der Waals surface area contributed by atoms with Crippen molar-refractivity contribution in [1.29, 1.82) is 0 Å². The van der Waals surface area contributed by atoms with E-state index in [4.69, 9.17) is 4.74 Å². The standard InChI is InChI=1S/C20H12FN3O3/c21-14-11-9-13(10-12-14)19-15-5-1-2-6-16(15)20(23-22-19)27-18-8-4-3-7-17(18)24(25)26/h1-12H. The van der Waals surface area contributed by atoms with E-state index in [0.29, 0.717) is 16.6 Å². The minimum atomic E-state index is -0.516. The number of halogens is 1. The third-order valence-electron chi connectivity index (χ3n) is 4.04. The molecule has 0 radical (unpaired) electrons. The molecule has 7 heteroatoms. The van der Waals surface area contributed by atoms with Crippen molar-refractivity contribution in [2.45, 2.75) is 0 Å². The number of aromatic nitrogens is 2. The Morgan fingerprint density at radius 2 is 1.52 bits per heavy atom. The summed E-state index contributed by atoms with van der Waals surface area (Å²) >= 11 is 0. The summed E-state index contributed by atoms with van der Waals surface area (Å²) in [5, 5.41) is 20.9. The molecule has 1 aromatic heterocycles. The van der Waals surface area contributed by atoms with Gasteiger partial charge in [-0.3, -0.25) is 10.1 Å². The smallest absolute Gasteiger partial charge is 0.311 e. The van der Waals surface area contributed by atoms with Gasteiger partial charge in [0, 0.05) is 22.4 Å². The van der Waals surface area contributed by atoms with Gasteiger partial charge in [0.2, 0.25) is 11.6 Å². The summed E-state index contributed by atoms with van der Waals surface area (Å²) in [6, 6.07) is 19.3. The van der Waals surface area contributed by atoms with Crippen molar-refractivity contribution in [2.24, 2.45) is 0 Å². The summed E-state index contributed by atoms with van der Waals surface area (Å²) in [5.41, 5.74) is 1.11. The fourth-order valence-electron chi connectivity index (χ4n) is 2.77. The lowest BCUT2D eigenvalue weighted by molar-refractivity contribution is -0.385. The van der Waals surface area contributed by atoms with Crippen molar-refractivity contribution >= 4 is 16.5 Å². The molecule has 0 unspecified atom stereocenters. The molecule has 0 bridgehead atoms. The van der Waals surface area contributed by atoms with Crippen LogP contribution in [-0.4, -0.2) is 15.1 Å². The van der Waals surface area contributed by atoms with Gasteiger partial charge in [-0.25, -0.2) is 4.39 Å². The van der Waals surface area contributed by atoms with Gasteiger partial charge in [0.15, 0.2) is 0 Å². The van der Waals surface area contributed by atoms with E-state index in [2.05, 4.69) is 10.2 Å². The number of fused-ring (bicyclic) bond motifs is 1. The molecular weight excluding hydrogens is 349 g/mol. The second-order valence-corrected chi connectivity index (χ2v) is 5.73. The highest BCUT2D eigenvalue weighted by Crippen LogP contribution is 2.35. The van der Waals surface area contributed by atoms with Crippen LogP contribution in [0.3, 0.4) is 0 Å². The first-order valence-corrected chi connectivity index (χ1v) is 8.06. The number of nitro groups is 1. The maximum atomic E-state index is 13.2. The topological polar surface area (TPSA) is 78.2 Å². The average Bonchev–Trinajstić information content (AvgIpc) is 2.69. The van der Waals surface area contributed by atoms with Crippen molar-refractivity contribution in [3.63, 3.8) is 0 Å². The molecule has 132 valence electrons. The van der Waals surface area contributed by atoms with Crippen molar-refractivity contribution in [1.82, 2.24) is 10.2 Å². The van der Waals surface area contributed by atoms with Gasteiger partial charge in [-0.05, 0) is 36.4 Å². The Bertz CT molecular complexity index is 1150. The molecule has 0 saturated carbocycles. The Hall–Kier alpha value is -3.87. The summed E-state index contributed by atoms with van der Waals surface area (Å²) in [4.78, 5) is 10.7. The Balaban J connectivity index is 1.84. The van der Waals surface area contributed by atoms with E-state index in [9.17, 15) is 14.5 Å². The van der Waals surface area contributed by atoms with Crippen molar-refractivity contribution in [3.05, 3.63) is 88.7 Å². The summed E-state index contributed by atoms with van der Waals surface area (Å²) in [6.07, 6.45) is 0. The van der Waals surface area contributed by atoms with Crippen LogP contribution in [0.1, 0.15) is 0 Å². The average molecular weight is 361 g/mol. The van der Waals surface area contributed by atoms with Crippen LogP contribution in [0.15, 0.2) is 72.8 Å². The van der Waals surface area contributed by atoms with Gasteiger partial charge < -0.3 is 4.74 Å². The lowest BCUT2D eigenvalue weighted by Gasteiger charge is -2.10. The molecule has 0 aliphatic heterocycles. The molecule has 6 nitrogen and oxygen atoms in total. The fraction of sp³-hybridized carbons (Fsp3) is 0. The second kappa shape index (κ2) is 6.80. The number of nitrogens with zero attached hydrogens (tertiary/aromatic N) is 3. The van der Waals surface area contributed by atoms with E-state index in [-0.39, 0.29) is 23.1 Å². The zero-order chi connectivity index (χ0) is 18.8. The van der Waals surface area contributed by atoms with Crippen molar-refractivity contribution < 1.29 is 14.1 Å². The quantitative estimate of drug-likeness (QED) is 0.372. The first-order valence-electron chi connectivity index (χ1n) is 8.06. The van der Waals surface area contributed by atoms with Gasteiger partial charge >= 0.3 is 5.69 Å².